The highest BCUT2D eigenvalue weighted by atomic mass is 35.5. The Morgan fingerprint density at radius 2 is 1.61 bits per heavy atom. The van der Waals surface area contributed by atoms with Crippen molar-refractivity contribution in [1.29, 1.82) is 0 Å². The molecule has 0 saturated carbocycles. The van der Waals surface area contributed by atoms with E-state index in [1.54, 1.807) is 12.1 Å². The van der Waals surface area contributed by atoms with Crippen LogP contribution in [-0.2, 0) is 14.8 Å². The third-order valence-corrected chi connectivity index (χ3v) is 6.00. The van der Waals surface area contributed by atoms with Gasteiger partial charge in [-0.3, -0.25) is 9.52 Å². The fourth-order valence-electron chi connectivity index (χ4n) is 2.71. The van der Waals surface area contributed by atoms with Gasteiger partial charge in [0.1, 0.15) is 11.6 Å². The third kappa shape index (κ3) is 6.44. The Balaban J connectivity index is 1.54. The van der Waals surface area contributed by atoms with Crippen molar-refractivity contribution < 1.29 is 22.3 Å². The highest BCUT2D eigenvalue weighted by molar-refractivity contribution is 7.92. The van der Waals surface area contributed by atoms with Gasteiger partial charge in [-0.1, -0.05) is 23.7 Å². The van der Waals surface area contributed by atoms with E-state index in [0.29, 0.717) is 10.8 Å². The number of anilines is 1. The Bertz CT molecular complexity index is 1140. The van der Waals surface area contributed by atoms with Crippen LogP contribution in [0.25, 0.3) is 0 Å². The fourth-order valence-corrected chi connectivity index (χ4v) is 3.90. The quantitative estimate of drug-likeness (QED) is 0.515. The maximum atomic E-state index is 13.0. The van der Waals surface area contributed by atoms with Gasteiger partial charge < -0.3 is 10.1 Å². The Kier molecular flexibility index (Phi) is 7.14. The van der Waals surface area contributed by atoms with E-state index in [4.69, 9.17) is 16.3 Å². The maximum Gasteiger partial charge on any atom is 0.261 e. The molecule has 9 heteroatoms. The summed E-state index contributed by atoms with van der Waals surface area (Å²) in [7, 11) is -3.84. The second kappa shape index (κ2) is 9.80. The molecule has 2 N–H and O–H groups in total. The van der Waals surface area contributed by atoms with Crippen LogP contribution in [-0.4, -0.2) is 20.9 Å². The molecule has 0 aliphatic rings. The highest BCUT2D eigenvalue weighted by Gasteiger charge is 2.15. The topological polar surface area (TPSA) is 84.5 Å². The van der Waals surface area contributed by atoms with Gasteiger partial charge in [0.25, 0.3) is 15.9 Å². The molecule has 0 unspecified atom stereocenters. The molecule has 31 heavy (non-hydrogen) atoms. The lowest BCUT2D eigenvalue weighted by Gasteiger charge is -2.15. The molecule has 0 radical (unpaired) electrons. The third-order valence-electron chi connectivity index (χ3n) is 4.35. The van der Waals surface area contributed by atoms with Crippen LogP contribution in [0.1, 0.15) is 18.5 Å². The van der Waals surface area contributed by atoms with Crippen molar-refractivity contribution >= 4 is 33.2 Å². The minimum absolute atomic E-state index is 0.00462. The summed E-state index contributed by atoms with van der Waals surface area (Å²) in [6.45, 7) is 1.62. The number of benzene rings is 3. The van der Waals surface area contributed by atoms with Crippen LogP contribution in [0.15, 0.2) is 77.7 Å². The van der Waals surface area contributed by atoms with Crippen LogP contribution >= 0.6 is 11.6 Å². The predicted molar refractivity (Wildman–Crippen MR) is 117 cm³/mol. The van der Waals surface area contributed by atoms with Crippen molar-refractivity contribution in [3.63, 3.8) is 0 Å². The van der Waals surface area contributed by atoms with Gasteiger partial charge in [0.15, 0.2) is 6.61 Å². The van der Waals surface area contributed by atoms with E-state index in [9.17, 15) is 17.6 Å². The average molecular weight is 463 g/mol. The van der Waals surface area contributed by atoms with Crippen LogP contribution in [0.4, 0.5) is 10.1 Å². The van der Waals surface area contributed by atoms with Gasteiger partial charge in [0.05, 0.1) is 10.9 Å². The van der Waals surface area contributed by atoms with E-state index >= 15 is 0 Å². The van der Waals surface area contributed by atoms with Crippen LogP contribution < -0.4 is 14.8 Å². The molecule has 162 valence electrons. The van der Waals surface area contributed by atoms with Crippen LogP contribution in [0, 0.1) is 5.82 Å². The summed E-state index contributed by atoms with van der Waals surface area (Å²) in [4.78, 5) is 12.1. The van der Waals surface area contributed by atoms with Gasteiger partial charge in [-0.2, -0.15) is 0 Å². The first kappa shape index (κ1) is 22.6. The van der Waals surface area contributed by atoms with Crippen molar-refractivity contribution in [3.8, 4) is 5.75 Å². The molecular formula is C22H20ClFN2O4S. The molecule has 0 aliphatic carbocycles. The summed E-state index contributed by atoms with van der Waals surface area (Å²) in [6, 6.07) is 17.5. The van der Waals surface area contributed by atoms with Crippen molar-refractivity contribution in [2.24, 2.45) is 0 Å². The smallest absolute Gasteiger partial charge is 0.261 e. The molecule has 0 saturated heterocycles. The van der Waals surface area contributed by atoms with Gasteiger partial charge in [0, 0.05) is 10.7 Å². The van der Waals surface area contributed by atoms with E-state index in [-0.39, 0.29) is 29.1 Å². The molecule has 3 aromatic carbocycles. The first-order valence-corrected chi connectivity index (χ1v) is 11.1. The maximum absolute atomic E-state index is 13.0. The number of carbonyl (C=O) groups is 1. The Morgan fingerprint density at radius 1 is 1.00 bits per heavy atom. The summed E-state index contributed by atoms with van der Waals surface area (Å²) in [5, 5.41) is 3.43. The summed E-state index contributed by atoms with van der Waals surface area (Å²) >= 11 is 5.86. The van der Waals surface area contributed by atoms with Gasteiger partial charge in [-0.25, -0.2) is 12.8 Å². The Hall–Kier alpha value is -3.10. The molecule has 0 aliphatic heterocycles. The SMILES string of the molecule is C[C@H](NC(=O)COc1ccc(S(=O)(=O)Nc2ccc(F)cc2)cc1)c1ccc(Cl)cc1. The lowest BCUT2D eigenvalue weighted by atomic mass is 10.1. The lowest BCUT2D eigenvalue weighted by molar-refractivity contribution is -0.123. The number of ether oxygens (including phenoxy) is 1. The number of nitrogens with one attached hydrogen (secondary N) is 2. The van der Waals surface area contributed by atoms with Gasteiger partial charge in [-0.15, -0.1) is 0 Å². The second-order valence-electron chi connectivity index (χ2n) is 6.71. The first-order chi connectivity index (χ1) is 14.7. The zero-order valence-electron chi connectivity index (χ0n) is 16.5. The minimum Gasteiger partial charge on any atom is -0.484 e. The second-order valence-corrected chi connectivity index (χ2v) is 8.83. The van der Waals surface area contributed by atoms with E-state index < -0.39 is 15.8 Å². The van der Waals surface area contributed by atoms with Crippen molar-refractivity contribution in [1.82, 2.24) is 5.32 Å². The fraction of sp³-hybridized carbons (Fsp3) is 0.136. The van der Waals surface area contributed by atoms with Gasteiger partial charge in [-0.05, 0) is 73.2 Å². The number of hydrogen-bond donors (Lipinski definition) is 2. The molecule has 0 heterocycles. The van der Waals surface area contributed by atoms with Gasteiger partial charge >= 0.3 is 0 Å². The number of sulfonamides is 1. The van der Waals surface area contributed by atoms with Crippen molar-refractivity contribution in [2.75, 3.05) is 11.3 Å². The molecule has 1 atom stereocenters. The van der Waals surface area contributed by atoms with Crippen molar-refractivity contribution in [2.45, 2.75) is 17.9 Å². The molecule has 6 nitrogen and oxygen atoms in total. The lowest BCUT2D eigenvalue weighted by Crippen LogP contribution is -2.31. The molecule has 0 bridgehead atoms. The zero-order valence-corrected chi connectivity index (χ0v) is 18.1. The summed E-state index contributed by atoms with van der Waals surface area (Å²) < 4.78 is 45.6. The minimum atomic E-state index is -3.84. The van der Waals surface area contributed by atoms with E-state index in [1.807, 2.05) is 19.1 Å². The number of amides is 1. The summed E-state index contributed by atoms with van der Waals surface area (Å²) in [5.41, 5.74) is 1.15. The van der Waals surface area contributed by atoms with E-state index in [0.717, 1.165) is 17.7 Å². The highest BCUT2D eigenvalue weighted by Crippen LogP contribution is 2.20. The molecule has 0 aromatic heterocycles. The molecule has 3 rings (SSSR count). The molecule has 1 amide bonds. The summed E-state index contributed by atoms with van der Waals surface area (Å²) in [6.07, 6.45) is 0. The molecular weight excluding hydrogens is 443 g/mol. The predicted octanol–water partition coefficient (Wildman–Crippen LogP) is 4.54. The standard InChI is InChI=1S/C22H20ClFN2O4S/c1-15(16-2-4-17(23)5-3-16)25-22(27)14-30-20-10-12-21(13-11-20)31(28,29)26-19-8-6-18(24)7-9-19/h2-13,15,26H,14H2,1H3,(H,25,27)/t15-/m0/s1. The Labute approximate surface area is 185 Å². The number of hydrogen-bond acceptors (Lipinski definition) is 4. The normalized spacial score (nSPS) is 12.1. The molecule has 0 fully saturated rings. The van der Waals surface area contributed by atoms with E-state index in [1.165, 1.54) is 36.4 Å². The van der Waals surface area contributed by atoms with Gasteiger partial charge in [0.2, 0.25) is 0 Å². The summed E-state index contributed by atoms with van der Waals surface area (Å²) in [5.74, 6) is -0.441. The van der Waals surface area contributed by atoms with E-state index in [2.05, 4.69) is 10.0 Å². The number of carbonyl (C=O) groups excluding carboxylic acids is 1. The Morgan fingerprint density at radius 3 is 2.23 bits per heavy atom. The molecule has 3 aromatic rings. The first-order valence-electron chi connectivity index (χ1n) is 9.29. The zero-order chi connectivity index (χ0) is 22.4. The van der Waals surface area contributed by atoms with Crippen LogP contribution in [0.3, 0.4) is 0 Å². The number of rotatable bonds is 8. The average Bonchev–Trinajstić information content (AvgIpc) is 2.74. The monoisotopic (exact) mass is 462 g/mol. The van der Waals surface area contributed by atoms with Crippen molar-refractivity contribution in [3.05, 3.63) is 89.2 Å². The van der Waals surface area contributed by atoms with Crippen LogP contribution in [0.2, 0.25) is 5.02 Å². The molecule has 0 spiro atoms. The van der Waals surface area contributed by atoms with Crippen LogP contribution in [0.5, 0.6) is 5.75 Å². The largest absolute Gasteiger partial charge is 0.484 e. The number of halogens is 2.